The highest BCUT2D eigenvalue weighted by Crippen LogP contribution is 2.29. The molecular weight excluding hydrogens is 440 g/mol. The zero-order valence-corrected chi connectivity index (χ0v) is 18.6. The standard InChI is InChI=1S/C21H21ClN4O4S/c1-13-3-8-16-18(23-13)21(28)17(22)19(20(16)27)24-14-4-6-15(7-5-14)25-9-11-26(12-10-25)31(2,29)30/h3-8,24H,9-12H2,1-2H3. The Morgan fingerprint density at radius 3 is 2.23 bits per heavy atom. The van der Waals surface area contributed by atoms with Gasteiger partial charge in [0.15, 0.2) is 0 Å². The molecule has 162 valence electrons. The number of aromatic nitrogens is 1. The quantitative estimate of drug-likeness (QED) is 0.747. The molecule has 2 heterocycles. The van der Waals surface area contributed by atoms with Crippen molar-refractivity contribution in [1.82, 2.24) is 9.29 Å². The Morgan fingerprint density at radius 1 is 0.968 bits per heavy atom. The highest BCUT2D eigenvalue weighted by atomic mass is 35.5. The minimum atomic E-state index is -3.18. The molecule has 1 N–H and O–H groups in total. The number of allylic oxidation sites excluding steroid dienone is 2. The molecule has 0 bridgehead atoms. The van der Waals surface area contributed by atoms with Gasteiger partial charge in [-0.15, -0.1) is 0 Å². The fourth-order valence-electron chi connectivity index (χ4n) is 3.65. The van der Waals surface area contributed by atoms with E-state index in [9.17, 15) is 18.0 Å². The lowest BCUT2D eigenvalue weighted by Gasteiger charge is -2.34. The number of nitrogens with zero attached hydrogens (tertiary/aromatic N) is 3. The van der Waals surface area contributed by atoms with Crippen LogP contribution in [0.3, 0.4) is 0 Å². The van der Waals surface area contributed by atoms with Crippen LogP contribution in [0.15, 0.2) is 47.1 Å². The SMILES string of the molecule is Cc1ccc2c(n1)C(=O)C(Cl)=C(Nc1ccc(N3CCN(S(C)(=O)=O)CC3)cc1)C2=O. The highest BCUT2D eigenvalue weighted by Gasteiger charge is 2.33. The van der Waals surface area contributed by atoms with Crippen molar-refractivity contribution >= 4 is 44.6 Å². The van der Waals surface area contributed by atoms with Crippen molar-refractivity contribution < 1.29 is 18.0 Å². The summed E-state index contributed by atoms with van der Waals surface area (Å²) in [7, 11) is -3.18. The fraction of sp³-hybridized carbons (Fsp3) is 0.286. The third kappa shape index (κ3) is 4.21. The molecule has 0 spiro atoms. The average Bonchev–Trinajstić information content (AvgIpc) is 2.75. The van der Waals surface area contributed by atoms with Crippen LogP contribution in [0.1, 0.15) is 26.5 Å². The van der Waals surface area contributed by atoms with Gasteiger partial charge in [0, 0.05) is 43.2 Å². The number of sulfonamides is 1. The summed E-state index contributed by atoms with van der Waals surface area (Å²) in [5, 5.41) is 2.78. The van der Waals surface area contributed by atoms with E-state index in [1.54, 1.807) is 31.2 Å². The van der Waals surface area contributed by atoms with Crippen LogP contribution in [0.25, 0.3) is 0 Å². The molecule has 0 atom stereocenters. The Hall–Kier alpha value is -2.75. The van der Waals surface area contributed by atoms with E-state index < -0.39 is 15.8 Å². The first-order chi connectivity index (χ1) is 14.6. The first-order valence-electron chi connectivity index (χ1n) is 9.69. The monoisotopic (exact) mass is 460 g/mol. The van der Waals surface area contributed by atoms with Crippen molar-refractivity contribution in [3.05, 3.63) is 64.1 Å². The van der Waals surface area contributed by atoms with Crippen molar-refractivity contribution in [2.75, 3.05) is 42.7 Å². The zero-order chi connectivity index (χ0) is 22.3. The van der Waals surface area contributed by atoms with Gasteiger partial charge in [-0.1, -0.05) is 11.6 Å². The number of Topliss-reactive ketones (excluding diaryl/α,β-unsaturated/α-hetero) is 2. The molecule has 0 unspecified atom stereocenters. The third-order valence-electron chi connectivity index (χ3n) is 5.35. The van der Waals surface area contributed by atoms with Gasteiger partial charge in [-0.3, -0.25) is 9.59 Å². The van der Waals surface area contributed by atoms with Crippen LogP contribution in [0, 0.1) is 6.92 Å². The van der Waals surface area contributed by atoms with E-state index in [-0.39, 0.29) is 27.8 Å². The molecule has 0 amide bonds. The van der Waals surface area contributed by atoms with Gasteiger partial charge in [-0.05, 0) is 43.3 Å². The molecule has 2 aromatic rings. The summed E-state index contributed by atoms with van der Waals surface area (Å²) < 4.78 is 24.8. The second kappa shape index (κ2) is 8.07. The van der Waals surface area contributed by atoms with Crippen LogP contribution in [0.4, 0.5) is 11.4 Å². The third-order valence-corrected chi connectivity index (χ3v) is 7.01. The summed E-state index contributed by atoms with van der Waals surface area (Å²) in [6.07, 6.45) is 1.22. The van der Waals surface area contributed by atoms with Crippen molar-refractivity contribution in [3.8, 4) is 0 Å². The van der Waals surface area contributed by atoms with Crippen molar-refractivity contribution in [2.24, 2.45) is 0 Å². The van der Waals surface area contributed by atoms with Gasteiger partial charge in [0.2, 0.25) is 21.6 Å². The molecule has 2 aliphatic rings. The maximum Gasteiger partial charge on any atom is 0.225 e. The summed E-state index contributed by atoms with van der Waals surface area (Å²) in [5.41, 5.74) is 2.51. The van der Waals surface area contributed by atoms with Gasteiger partial charge in [0.25, 0.3) is 0 Å². The van der Waals surface area contributed by atoms with Gasteiger partial charge in [0.1, 0.15) is 16.4 Å². The summed E-state index contributed by atoms with van der Waals surface area (Å²) in [5.74, 6) is -0.865. The summed E-state index contributed by atoms with van der Waals surface area (Å²) in [6, 6.07) is 10.6. The Kier molecular flexibility index (Phi) is 5.59. The Morgan fingerprint density at radius 2 is 1.61 bits per heavy atom. The van der Waals surface area contributed by atoms with Crippen LogP contribution in [-0.2, 0) is 10.0 Å². The number of carbonyl (C=O) groups is 2. The van der Waals surface area contributed by atoms with Crippen LogP contribution < -0.4 is 10.2 Å². The lowest BCUT2D eigenvalue weighted by molar-refractivity contribution is 0.0978. The summed E-state index contributed by atoms with van der Waals surface area (Å²) >= 11 is 6.21. The molecule has 8 nitrogen and oxygen atoms in total. The number of pyridine rings is 1. The van der Waals surface area contributed by atoms with Crippen LogP contribution in [0.2, 0.25) is 0 Å². The molecular formula is C21H21ClN4O4S. The molecule has 0 saturated carbocycles. The van der Waals surface area contributed by atoms with Gasteiger partial charge in [-0.25, -0.2) is 13.4 Å². The minimum Gasteiger partial charge on any atom is -0.369 e. The number of aryl methyl sites for hydroxylation is 1. The lowest BCUT2D eigenvalue weighted by Crippen LogP contribution is -2.48. The number of hydrogen-bond donors (Lipinski definition) is 1. The fourth-order valence-corrected chi connectivity index (χ4v) is 4.70. The molecule has 0 radical (unpaired) electrons. The van der Waals surface area contributed by atoms with E-state index in [0.717, 1.165) is 5.69 Å². The number of rotatable bonds is 4. The highest BCUT2D eigenvalue weighted by molar-refractivity contribution is 7.88. The number of anilines is 2. The molecule has 1 fully saturated rings. The lowest BCUT2D eigenvalue weighted by atomic mass is 9.96. The van der Waals surface area contributed by atoms with Crippen molar-refractivity contribution in [1.29, 1.82) is 0 Å². The second-order valence-electron chi connectivity index (χ2n) is 7.52. The van der Waals surface area contributed by atoms with Gasteiger partial charge >= 0.3 is 0 Å². The largest absolute Gasteiger partial charge is 0.369 e. The number of fused-ring (bicyclic) bond motifs is 1. The van der Waals surface area contributed by atoms with E-state index in [1.165, 1.54) is 10.6 Å². The molecule has 10 heteroatoms. The predicted molar refractivity (Wildman–Crippen MR) is 119 cm³/mol. The van der Waals surface area contributed by atoms with Gasteiger partial charge < -0.3 is 10.2 Å². The average molecular weight is 461 g/mol. The minimum absolute atomic E-state index is 0.0272. The van der Waals surface area contributed by atoms with Crippen LogP contribution >= 0.6 is 11.6 Å². The topological polar surface area (TPSA) is 99.7 Å². The number of hydrogen-bond acceptors (Lipinski definition) is 7. The summed E-state index contributed by atoms with van der Waals surface area (Å²) in [6.45, 7) is 3.79. The first-order valence-corrected chi connectivity index (χ1v) is 11.9. The molecule has 1 aromatic heterocycles. The Bertz CT molecular complexity index is 1200. The first kappa shape index (κ1) is 21.5. The molecule has 1 aliphatic carbocycles. The van der Waals surface area contributed by atoms with E-state index in [4.69, 9.17) is 11.6 Å². The van der Waals surface area contributed by atoms with Crippen LogP contribution in [-0.4, -0.2) is 61.7 Å². The van der Waals surface area contributed by atoms with Crippen molar-refractivity contribution in [3.63, 3.8) is 0 Å². The Labute approximate surface area is 185 Å². The molecule has 1 aliphatic heterocycles. The van der Waals surface area contributed by atoms with E-state index in [0.29, 0.717) is 37.6 Å². The molecule has 31 heavy (non-hydrogen) atoms. The van der Waals surface area contributed by atoms with Crippen molar-refractivity contribution in [2.45, 2.75) is 6.92 Å². The maximum absolute atomic E-state index is 12.9. The van der Waals surface area contributed by atoms with Crippen LogP contribution in [0.5, 0.6) is 0 Å². The number of piperazine rings is 1. The Balaban J connectivity index is 1.50. The molecule has 1 aromatic carbocycles. The van der Waals surface area contributed by atoms with Gasteiger partial charge in [-0.2, -0.15) is 4.31 Å². The number of nitrogens with one attached hydrogen (secondary N) is 1. The van der Waals surface area contributed by atoms with Gasteiger partial charge in [0.05, 0.1) is 11.8 Å². The number of carbonyl (C=O) groups excluding carboxylic acids is 2. The normalized spacial score (nSPS) is 17.7. The number of ketones is 2. The van der Waals surface area contributed by atoms with E-state index in [2.05, 4.69) is 15.2 Å². The molecule has 1 saturated heterocycles. The maximum atomic E-state index is 12.9. The van der Waals surface area contributed by atoms with E-state index >= 15 is 0 Å². The van der Waals surface area contributed by atoms with E-state index in [1.807, 2.05) is 12.1 Å². The smallest absolute Gasteiger partial charge is 0.225 e. The predicted octanol–water partition coefficient (Wildman–Crippen LogP) is 2.41. The summed E-state index contributed by atoms with van der Waals surface area (Å²) in [4.78, 5) is 31.7. The number of benzene rings is 1. The second-order valence-corrected chi connectivity index (χ2v) is 9.88. The number of halogens is 1. The molecule has 4 rings (SSSR count). The zero-order valence-electron chi connectivity index (χ0n) is 17.1.